The minimum Gasteiger partial charge on any atom is -0.481 e. The van der Waals surface area contributed by atoms with E-state index in [2.05, 4.69) is 5.10 Å². The fourth-order valence-corrected chi connectivity index (χ4v) is 3.68. The smallest absolute Gasteiger partial charge is 0.261 e. The van der Waals surface area contributed by atoms with Crippen LogP contribution in [0.5, 0.6) is 5.88 Å². The number of likely N-dealkylation sites (tertiary alicyclic amines) is 1. The number of rotatable bonds is 5. The van der Waals surface area contributed by atoms with Crippen molar-refractivity contribution >= 4 is 5.91 Å². The third kappa shape index (κ3) is 3.39. The van der Waals surface area contributed by atoms with Gasteiger partial charge < -0.3 is 14.7 Å². The SMILES string of the molecule is COc1c(C(=O)N2CCCC2CC(O)c2ccccc2)c(C)nn1C. The first-order valence-corrected chi connectivity index (χ1v) is 8.64. The van der Waals surface area contributed by atoms with E-state index in [1.807, 2.05) is 42.2 Å². The van der Waals surface area contributed by atoms with E-state index in [9.17, 15) is 9.90 Å². The lowest BCUT2D eigenvalue weighted by Crippen LogP contribution is -2.36. The molecule has 0 radical (unpaired) electrons. The summed E-state index contributed by atoms with van der Waals surface area (Å²) in [6.07, 6.45) is 1.81. The van der Waals surface area contributed by atoms with Crippen molar-refractivity contribution in [2.24, 2.45) is 7.05 Å². The third-order valence-electron chi connectivity index (χ3n) is 4.89. The maximum atomic E-state index is 13.1. The molecule has 0 saturated carbocycles. The highest BCUT2D eigenvalue weighted by Gasteiger charge is 2.34. The number of carbonyl (C=O) groups excluding carboxylic acids is 1. The van der Waals surface area contributed by atoms with Crippen molar-refractivity contribution in [1.29, 1.82) is 0 Å². The van der Waals surface area contributed by atoms with E-state index in [0.717, 1.165) is 18.4 Å². The van der Waals surface area contributed by atoms with E-state index in [0.29, 0.717) is 30.1 Å². The highest BCUT2D eigenvalue weighted by molar-refractivity contribution is 5.98. The van der Waals surface area contributed by atoms with Crippen molar-refractivity contribution in [1.82, 2.24) is 14.7 Å². The molecular weight excluding hydrogens is 318 g/mol. The van der Waals surface area contributed by atoms with Gasteiger partial charge >= 0.3 is 0 Å². The van der Waals surface area contributed by atoms with Gasteiger partial charge in [0.05, 0.1) is 18.9 Å². The van der Waals surface area contributed by atoms with Gasteiger partial charge in [0.25, 0.3) is 5.91 Å². The molecule has 1 fully saturated rings. The largest absolute Gasteiger partial charge is 0.481 e. The number of aliphatic hydroxyl groups excluding tert-OH is 1. The van der Waals surface area contributed by atoms with Crippen LogP contribution in [0.15, 0.2) is 30.3 Å². The number of hydrogen-bond acceptors (Lipinski definition) is 4. The predicted octanol–water partition coefficient (Wildman–Crippen LogP) is 2.47. The minimum atomic E-state index is -0.573. The number of carbonyl (C=O) groups is 1. The number of methoxy groups -OCH3 is 1. The van der Waals surface area contributed by atoms with Crippen LogP contribution in [0.25, 0.3) is 0 Å². The van der Waals surface area contributed by atoms with Gasteiger partial charge in [0, 0.05) is 19.6 Å². The molecule has 1 aromatic carbocycles. The first kappa shape index (κ1) is 17.5. The molecule has 0 spiro atoms. The van der Waals surface area contributed by atoms with Crippen LogP contribution in [0.1, 0.15) is 47.0 Å². The number of aryl methyl sites for hydroxylation is 2. The van der Waals surface area contributed by atoms with E-state index in [1.165, 1.54) is 0 Å². The van der Waals surface area contributed by atoms with E-state index >= 15 is 0 Å². The van der Waals surface area contributed by atoms with Gasteiger partial charge in [-0.15, -0.1) is 0 Å². The molecule has 6 heteroatoms. The highest BCUT2D eigenvalue weighted by atomic mass is 16.5. The van der Waals surface area contributed by atoms with Crippen molar-refractivity contribution in [3.05, 3.63) is 47.2 Å². The molecule has 2 unspecified atom stereocenters. The summed E-state index contributed by atoms with van der Waals surface area (Å²) in [5.41, 5.74) is 2.07. The zero-order valence-corrected chi connectivity index (χ0v) is 15.0. The van der Waals surface area contributed by atoms with Gasteiger partial charge in [-0.1, -0.05) is 30.3 Å². The number of aromatic nitrogens is 2. The van der Waals surface area contributed by atoms with E-state index < -0.39 is 6.10 Å². The summed E-state index contributed by atoms with van der Waals surface area (Å²) < 4.78 is 6.96. The standard InChI is InChI=1S/C19H25N3O3/c1-13-17(19(25-3)21(2)20-13)18(24)22-11-7-10-15(22)12-16(23)14-8-5-4-6-9-14/h4-6,8-9,15-16,23H,7,10-12H2,1-3H3. The van der Waals surface area contributed by atoms with Crippen LogP contribution in [0.4, 0.5) is 0 Å². The predicted molar refractivity (Wildman–Crippen MR) is 94.6 cm³/mol. The molecule has 1 aliphatic heterocycles. The lowest BCUT2D eigenvalue weighted by molar-refractivity contribution is 0.0663. The summed E-state index contributed by atoms with van der Waals surface area (Å²) in [6.45, 7) is 2.52. The molecular formula is C19H25N3O3. The summed E-state index contributed by atoms with van der Waals surface area (Å²) in [5, 5.41) is 14.8. The van der Waals surface area contributed by atoms with Gasteiger partial charge in [-0.2, -0.15) is 5.10 Å². The fourth-order valence-electron chi connectivity index (χ4n) is 3.68. The number of ether oxygens (including phenoxy) is 1. The van der Waals surface area contributed by atoms with E-state index in [1.54, 1.807) is 18.8 Å². The monoisotopic (exact) mass is 343 g/mol. The molecule has 134 valence electrons. The Bertz CT molecular complexity index is 742. The summed E-state index contributed by atoms with van der Waals surface area (Å²) >= 11 is 0. The van der Waals surface area contributed by atoms with Gasteiger partial charge in [0.2, 0.25) is 5.88 Å². The quantitative estimate of drug-likeness (QED) is 0.906. The average molecular weight is 343 g/mol. The number of amides is 1. The normalized spacial score (nSPS) is 18.4. The van der Waals surface area contributed by atoms with Crippen molar-refractivity contribution in [3.8, 4) is 5.88 Å². The molecule has 1 amide bonds. The first-order valence-electron chi connectivity index (χ1n) is 8.64. The van der Waals surface area contributed by atoms with Gasteiger partial charge in [-0.3, -0.25) is 4.79 Å². The minimum absolute atomic E-state index is 0.0204. The molecule has 1 N–H and O–H groups in total. The Morgan fingerprint density at radius 3 is 2.80 bits per heavy atom. The molecule has 2 atom stereocenters. The maximum absolute atomic E-state index is 13.1. The fraction of sp³-hybridized carbons (Fsp3) is 0.474. The molecule has 2 heterocycles. The Kier molecular flexibility index (Phi) is 5.08. The molecule has 1 aliphatic rings. The zero-order chi connectivity index (χ0) is 18.0. The molecule has 2 aromatic rings. The van der Waals surface area contributed by atoms with Crippen molar-refractivity contribution < 1.29 is 14.6 Å². The van der Waals surface area contributed by atoms with Crippen LogP contribution in [-0.4, -0.2) is 45.4 Å². The first-order chi connectivity index (χ1) is 12.0. The molecule has 0 aliphatic carbocycles. The molecule has 0 bridgehead atoms. The molecule has 25 heavy (non-hydrogen) atoms. The van der Waals surface area contributed by atoms with Gasteiger partial charge in [0.1, 0.15) is 5.56 Å². The van der Waals surface area contributed by atoms with Crippen LogP contribution in [0, 0.1) is 6.92 Å². The second-order valence-corrected chi connectivity index (χ2v) is 6.55. The highest BCUT2D eigenvalue weighted by Crippen LogP contribution is 2.31. The Morgan fingerprint density at radius 1 is 1.40 bits per heavy atom. The molecule has 6 nitrogen and oxygen atoms in total. The molecule has 1 aromatic heterocycles. The second kappa shape index (κ2) is 7.27. The van der Waals surface area contributed by atoms with Crippen LogP contribution < -0.4 is 4.74 Å². The lowest BCUT2D eigenvalue weighted by atomic mass is 10.00. The van der Waals surface area contributed by atoms with Crippen molar-refractivity contribution in [2.75, 3.05) is 13.7 Å². The van der Waals surface area contributed by atoms with E-state index in [4.69, 9.17) is 4.74 Å². The van der Waals surface area contributed by atoms with Crippen molar-refractivity contribution in [2.45, 2.75) is 38.3 Å². The summed E-state index contributed by atoms with van der Waals surface area (Å²) in [7, 11) is 3.32. The summed E-state index contributed by atoms with van der Waals surface area (Å²) in [4.78, 5) is 15.0. The van der Waals surface area contributed by atoms with Crippen molar-refractivity contribution in [3.63, 3.8) is 0 Å². The van der Waals surface area contributed by atoms with Crippen LogP contribution in [0.3, 0.4) is 0 Å². The van der Waals surface area contributed by atoms with Gasteiger partial charge in [0.15, 0.2) is 0 Å². The number of benzene rings is 1. The Balaban J connectivity index is 1.79. The van der Waals surface area contributed by atoms with Crippen LogP contribution >= 0.6 is 0 Å². The maximum Gasteiger partial charge on any atom is 0.261 e. The molecule has 3 rings (SSSR count). The van der Waals surface area contributed by atoms with E-state index in [-0.39, 0.29) is 11.9 Å². The Labute approximate surface area is 148 Å². The van der Waals surface area contributed by atoms with Crippen LogP contribution in [0.2, 0.25) is 0 Å². The lowest BCUT2D eigenvalue weighted by Gasteiger charge is -2.27. The number of hydrogen-bond donors (Lipinski definition) is 1. The summed E-state index contributed by atoms with van der Waals surface area (Å²) in [6, 6.07) is 9.62. The Hall–Kier alpha value is -2.34. The molecule has 1 saturated heterocycles. The second-order valence-electron chi connectivity index (χ2n) is 6.55. The zero-order valence-electron chi connectivity index (χ0n) is 15.0. The topological polar surface area (TPSA) is 67.6 Å². The number of aliphatic hydroxyl groups is 1. The number of nitrogens with zero attached hydrogens (tertiary/aromatic N) is 3. The summed E-state index contributed by atoms with van der Waals surface area (Å²) in [5.74, 6) is 0.418. The van der Waals surface area contributed by atoms with Gasteiger partial charge in [-0.05, 0) is 31.7 Å². The van der Waals surface area contributed by atoms with Crippen LogP contribution in [-0.2, 0) is 7.05 Å². The van der Waals surface area contributed by atoms with Gasteiger partial charge in [-0.25, -0.2) is 4.68 Å². The third-order valence-corrected chi connectivity index (χ3v) is 4.89. The average Bonchev–Trinajstić information content (AvgIpc) is 3.18. The Morgan fingerprint density at radius 2 is 2.12 bits per heavy atom.